The number of nitrogens with zero attached hydrogens (tertiary/aromatic N) is 4. The first kappa shape index (κ1) is 15.2. The van der Waals surface area contributed by atoms with Crippen LogP contribution < -0.4 is 4.90 Å². The monoisotopic (exact) mass is 354 g/mol. The molecule has 0 aliphatic carbocycles. The Morgan fingerprint density at radius 1 is 1.10 bits per heavy atom. The van der Waals surface area contributed by atoms with Crippen LogP contribution >= 0.6 is 15.9 Å². The Morgan fingerprint density at radius 3 is 2.38 bits per heavy atom. The molecule has 2 aliphatic rings. The molecule has 0 unspecified atom stereocenters. The van der Waals surface area contributed by atoms with Crippen molar-refractivity contribution < 1.29 is 4.74 Å². The van der Waals surface area contributed by atoms with Crippen molar-refractivity contribution in [1.29, 1.82) is 0 Å². The Balaban J connectivity index is 1.53. The van der Waals surface area contributed by atoms with Crippen molar-refractivity contribution in [2.75, 3.05) is 56.2 Å². The second-order valence-corrected chi connectivity index (χ2v) is 6.62. The van der Waals surface area contributed by atoms with Gasteiger partial charge in [0.05, 0.1) is 0 Å². The van der Waals surface area contributed by atoms with Crippen LogP contribution in [0.25, 0.3) is 0 Å². The minimum absolute atomic E-state index is 0.393. The number of ether oxygens (including phenoxy) is 1. The maximum atomic E-state index is 5.53. The fourth-order valence-electron chi connectivity index (χ4n) is 3.17. The van der Waals surface area contributed by atoms with Gasteiger partial charge in [0.1, 0.15) is 0 Å². The molecule has 0 spiro atoms. The smallest absolute Gasteiger partial charge is 0.225 e. The molecule has 116 valence electrons. The third kappa shape index (κ3) is 3.73. The van der Waals surface area contributed by atoms with Gasteiger partial charge in [-0.05, 0) is 24.3 Å². The molecule has 3 heterocycles. The van der Waals surface area contributed by atoms with Crippen molar-refractivity contribution in [2.24, 2.45) is 5.41 Å². The number of anilines is 1. The molecular formula is C15H23BrN4O. The van der Waals surface area contributed by atoms with Gasteiger partial charge < -0.3 is 9.64 Å². The third-order valence-corrected chi connectivity index (χ3v) is 5.79. The van der Waals surface area contributed by atoms with E-state index >= 15 is 0 Å². The molecule has 2 saturated heterocycles. The molecule has 2 aliphatic heterocycles. The van der Waals surface area contributed by atoms with Gasteiger partial charge in [-0.1, -0.05) is 15.9 Å². The van der Waals surface area contributed by atoms with E-state index in [2.05, 4.69) is 35.7 Å². The molecule has 0 N–H and O–H groups in total. The van der Waals surface area contributed by atoms with Crippen LogP contribution in [0.3, 0.4) is 0 Å². The van der Waals surface area contributed by atoms with Crippen molar-refractivity contribution in [3.63, 3.8) is 0 Å². The van der Waals surface area contributed by atoms with Gasteiger partial charge in [-0.25, -0.2) is 9.97 Å². The van der Waals surface area contributed by atoms with Gasteiger partial charge in [0.25, 0.3) is 0 Å². The summed E-state index contributed by atoms with van der Waals surface area (Å²) in [5.41, 5.74) is 0.393. The summed E-state index contributed by atoms with van der Waals surface area (Å²) in [6.45, 7) is 7.19. The lowest BCUT2D eigenvalue weighted by Gasteiger charge is -2.43. The maximum Gasteiger partial charge on any atom is 0.225 e. The summed E-state index contributed by atoms with van der Waals surface area (Å²) >= 11 is 3.73. The molecule has 0 bridgehead atoms. The van der Waals surface area contributed by atoms with Gasteiger partial charge in [-0.15, -0.1) is 0 Å². The first-order chi connectivity index (χ1) is 10.3. The SMILES string of the molecule is BrCC1(CN2CCN(c3ncccn3)CC2)CCOCC1. The highest BCUT2D eigenvalue weighted by Crippen LogP contribution is 2.33. The highest BCUT2D eigenvalue weighted by Gasteiger charge is 2.34. The number of alkyl halides is 1. The fraction of sp³-hybridized carbons (Fsp3) is 0.733. The van der Waals surface area contributed by atoms with E-state index in [4.69, 9.17) is 4.74 Å². The maximum absolute atomic E-state index is 5.53. The van der Waals surface area contributed by atoms with E-state index in [9.17, 15) is 0 Å². The van der Waals surface area contributed by atoms with Gasteiger partial charge in [0, 0.05) is 63.7 Å². The predicted octanol–water partition coefficient (Wildman–Crippen LogP) is 1.79. The van der Waals surface area contributed by atoms with Crippen LogP contribution in [-0.4, -0.2) is 66.1 Å². The Hall–Kier alpha value is -0.720. The van der Waals surface area contributed by atoms with Crippen molar-refractivity contribution >= 4 is 21.9 Å². The number of aromatic nitrogens is 2. The summed E-state index contributed by atoms with van der Waals surface area (Å²) in [5.74, 6) is 0.860. The van der Waals surface area contributed by atoms with Crippen LogP contribution in [0, 0.1) is 5.41 Å². The summed E-state index contributed by atoms with van der Waals surface area (Å²) in [6.07, 6.45) is 5.97. The first-order valence-electron chi connectivity index (χ1n) is 7.69. The quantitative estimate of drug-likeness (QED) is 0.771. The summed E-state index contributed by atoms with van der Waals surface area (Å²) in [4.78, 5) is 13.6. The second-order valence-electron chi connectivity index (χ2n) is 6.06. The highest BCUT2D eigenvalue weighted by atomic mass is 79.9. The lowest BCUT2D eigenvalue weighted by Crippen LogP contribution is -2.51. The molecule has 0 amide bonds. The van der Waals surface area contributed by atoms with E-state index in [0.29, 0.717) is 5.41 Å². The Morgan fingerprint density at radius 2 is 1.76 bits per heavy atom. The van der Waals surface area contributed by atoms with E-state index < -0.39 is 0 Å². The average molecular weight is 355 g/mol. The second kappa shape index (κ2) is 7.03. The lowest BCUT2D eigenvalue weighted by atomic mass is 9.81. The summed E-state index contributed by atoms with van der Waals surface area (Å²) in [6, 6.07) is 1.87. The van der Waals surface area contributed by atoms with E-state index in [-0.39, 0.29) is 0 Å². The predicted molar refractivity (Wildman–Crippen MR) is 87.0 cm³/mol. The largest absolute Gasteiger partial charge is 0.381 e. The molecular weight excluding hydrogens is 332 g/mol. The van der Waals surface area contributed by atoms with E-state index in [0.717, 1.165) is 50.7 Å². The third-order valence-electron chi connectivity index (χ3n) is 4.60. The van der Waals surface area contributed by atoms with Gasteiger partial charge in [-0.2, -0.15) is 0 Å². The molecule has 1 aromatic heterocycles. The number of rotatable bonds is 4. The average Bonchev–Trinajstić information content (AvgIpc) is 2.57. The molecule has 0 aromatic carbocycles. The van der Waals surface area contributed by atoms with Crippen LogP contribution in [0.4, 0.5) is 5.95 Å². The minimum atomic E-state index is 0.393. The molecule has 21 heavy (non-hydrogen) atoms. The number of hydrogen-bond donors (Lipinski definition) is 0. The zero-order valence-corrected chi connectivity index (χ0v) is 14.0. The van der Waals surface area contributed by atoms with Crippen LogP contribution in [0.15, 0.2) is 18.5 Å². The Bertz CT molecular complexity index is 431. The van der Waals surface area contributed by atoms with Crippen LogP contribution in [0.5, 0.6) is 0 Å². The van der Waals surface area contributed by atoms with Crippen LogP contribution in [0.1, 0.15) is 12.8 Å². The number of piperazine rings is 1. The highest BCUT2D eigenvalue weighted by molar-refractivity contribution is 9.09. The van der Waals surface area contributed by atoms with Crippen LogP contribution in [-0.2, 0) is 4.74 Å². The van der Waals surface area contributed by atoms with Crippen molar-refractivity contribution in [2.45, 2.75) is 12.8 Å². The Kier molecular flexibility index (Phi) is 5.08. The lowest BCUT2D eigenvalue weighted by molar-refractivity contribution is 0.00733. The molecule has 1 aromatic rings. The van der Waals surface area contributed by atoms with Gasteiger partial charge >= 0.3 is 0 Å². The Labute approximate surface area is 134 Å². The normalized spacial score (nSPS) is 23.2. The topological polar surface area (TPSA) is 41.5 Å². The van der Waals surface area contributed by atoms with Crippen LogP contribution in [0.2, 0.25) is 0 Å². The summed E-state index contributed by atoms with van der Waals surface area (Å²) < 4.78 is 5.53. The molecule has 0 radical (unpaired) electrons. The van der Waals surface area contributed by atoms with Gasteiger partial charge in [0.2, 0.25) is 5.95 Å². The van der Waals surface area contributed by atoms with Gasteiger partial charge in [-0.3, -0.25) is 4.90 Å². The zero-order chi connectivity index (χ0) is 14.5. The minimum Gasteiger partial charge on any atom is -0.381 e. The standard InChI is InChI=1S/C15H23BrN4O/c16-12-15(2-10-21-11-3-15)13-19-6-8-20(9-7-19)14-17-4-1-5-18-14/h1,4-5H,2-3,6-13H2. The molecule has 5 nitrogen and oxygen atoms in total. The molecule has 3 rings (SSSR count). The fourth-order valence-corrected chi connectivity index (χ4v) is 3.91. The van der Waals surface area contributed by atoms with Crippen molar-refractivity contribution in [3.05, 3.63) is 18.5 Å². The molecule has 0 saturated carbocycles. The van der Waals surface area contributed by atoms with E-state index in [1.54, 1.807) is 0 Å². The summed E-state index contributed by atoms with van der Waals surface area (Å²) in [5, 5.41) is 1.07. The van der Waals surface area contributed by atoms with Gasteiger partial charge in [0.15, 0.2) is 0 Å². The zero-order valence-electron chi connectivity index (χ0n) is 12.4. The van der Waals surface area contributed by atoms with Crippen molar-refractivity contribution in [3.8, 4) is 0 Å². The summed E-state index contributed by atoms with van der Waals surface area (Å²) in [7, 11) is 0. The van der Waals surface area contributed by atoms with E-state index in [1.165, 1.54) is 19.4 Å². The first-order valence-corrected chi connectivity index (χ1v) is 8.82. The number of hydrogen-bond acceptors (Lipinski definition) is 5. The number of halogens is 1. The molecule has 0 atom stereocenters. The van der Waals surface area contributed by atoms with Crippen molar-refractivity contribution in [1.82, 2.24) is 14.9 Å². The van der Waals surface area contributed by atoms with E-state index in [1.807, 2.05) is 18.5 Å². The molecule has 2 fully saturated rings. The molecule has 6 heteroatoms.